The standard InChI is InChI=1S/C15H23NOS/c17-12-6-4-11(5-7-12)10-16-14-2-1-3-15-13(14)8-9-18-15/h8-9,11-12,14,16-17H,1-7,10H2. The first kappa shape index (κ1) is 12.6. The van der Waals surface area contributed by atoms with Crippen LogP contribution in [0.1, 0.15) is 55.0 Å². The van der Waals surface area contributed by atoms with E-state index < -0.39 is 0 Å². The summed E-state index contributed by atoms with van der Waals surface area (Å²) in [5.74, 6) is 0.775. The summed E-state index contributed by atoms with van der Waals surface area (Å²) in [6, 6.07) is 2.90. The summed E-state index contributed by atoms with van der Waals surface area (Å²) in [6.07, 6.45) is 8.25. The summed E-state index contributed by atoms with van der Waals surface area (Å²) in [5.41, 5.74) is 1.56. The van der Waals surface area contributed by atoms with Crippen LogP contribution in [0, 0.1) is 5.92 Å². The van der Waals surface area contributed by atoms with Gasteiger partial charge in [0, 0.05) is 10.9 Å². The van der Waals surface area contributed by atoms with E-state index in [-0.39, 0.29) is 6.10 Å². The maximum Gasteiger partial charge on any atom is 0.0540 e. The minimum atomic E-state index is -0.0283. The van der Waals surface area contributed by atoms with Crippen LogP contribution < -0.4 is 5.32 Å². The second kappa shape index (κ2) is 5.72. The summed E-state index contributed by atoms with van der Waals surface area (Å²) in [6.45, 7) is 1.13. The van der Waals surface area contributed by atoms with Gasteiger partial charge in [0.1, 0.15) is 0 Å². The summed E-state index contributed by atoms with van der Waals surface area (Å²) in [4.78, 5) is 1.60. The predicted molar refractivity (Wildman–Crippen MR) is 76.0 cm³/mol. The van der Waals surface area contributed by atoms with Crippen molar-refractivity contribution in [2.75, 3.05) is 6.54 Å². The van der Waals surface area contributed by atoms with Gasteiger partial charge >= 0.3 is 0 Å². The topological polar surface area (TPSA) is 32.3 Å². The van der Waals surface area contributed by atoms with Gasteiger partial charge in [0.25, 0.3) is 0 Å². The minimum absolute atomic E-state index is 0.0283. The van der Waals surface area contributed by atoms with Gasteiger partial charge in [-0.05, 0) is 74.4 Å². The van der Waals surface area contributed by atoms with E-state index >= 15 is 0 Å². The van der Waals surface area contributed by atoms with Gasteiger partial charge in [0.15, 0.2) is 0 Å². The smallest absolute Gasteiger partial charge is 0.0540 e. The zero-order valence-corrected chi connectivity index (χ0v) is 11.7. The summed E-state index contributed by atoms with van der Waals surface area (Å²) in [7, 11) is 0. The van der Waals surface area contributed by atoms with E-state index in [0.29, 0.717) is 6.04 Å². The van der Waals surface area contributed by atoms with Gasteiger partial charge in [-0.1, -0.05) is 0 Å². The Labute approximate surface area is 113 Å². The lowest BCUT2D eigenvalue weighted by molar-refractivity contribution is 0.107. The maximum atomic E-state index is 9.53. The molecular formula is C15H23NOS. The molecule has 100 valence electrons. The number of hydrogen-bond donors (Lipinski definition) is 2. The van der Waals surface area contributed by atoms with Crippen molar-refractivity contribution in [1.82, 2.24) is 5.32 Å². The molecule has 1 saturated carbocycles. The molecule has 2 aliphatic carbocycles. The van der Waals surface area contributed by atoms with Crippen LogP contribution in [0.25, 0.3) is 0 Å². The van der Waals surface area contributed by atoms with Crippen LogP contribution >= 0.6 is 11.3 Å². The molecular weight excluding hydrogens is 242 g/mol. The van der Waals surface area contributed by atoms with Gasteiger partial charge in [-0.2, -0.15) is 0 Å². The van der Waals surface area contributed by atoms with E-state index in [1.807, 2.05) is 11.3 Å². The Morgan fingerprint density at radius 2 is 2.06 bits per heavy atom. The van der Waals surface area contributed by atoms with Gasteiger partial charge < -0.3 is 10.4 Å². The normalized spacial score (nSPS) is 32.2. The van der Waals surface area contributed by atoms with Crippen LogP contribution in [0.2, 0.25) is 0 Å². The molecule has 0 spiro atoms. The van der Waals surface area contributed by atoms with Crippen molar-refractivity contribution < 1.29 is 5.11 Å². The molecule has 3 rings (SSSR count). The fourth-order valence-corrected chi connectivity index (χ4v) is 4.34. The molecule has 0 radical (unpaired) electrons. The molecule has 3 heteroatoms. The number of nitrogens with one attached hydrogen (secondary N) is 1. The van der Waals surface area contributed by atoms with E-state index in [1.54, 1.807) is 10.4 Å². The van der Waals surface area contributed by atoms with E-state index in [2.05, 4.69) is 16.8 Å². The van der Waals surface area contributed by atoms with Crippen molar-refractivity contribution in [2.45, 2.75) is 57.1 Å². The second-order valence-electron chi connectivity index (χ2n) is 5.83. The third-order valence-corrected chi connectivity index (χ3v) is 5.52. The first-order valence-electron chi connectivity index (χ1n) is 7.30. The van der Waals surface area contributed by atoms with Crippen molar-refractivity contribution >= 4 is 11.3 Å². The van der Waals surface area contributed by atoms with E-state index in [0.717, 1.165) is 25.3 Å². The van der Waals surface area contributed by atoms with Crippen LogP contribution in [0.15, 0.2) is 11.4 Å². The van der Waals surface area contributed by atoms with Crippen molar-refractivity contribution in [3.05, 3.63) is 21.9 Å². The highest BCUT2D eigenvalue weighted by Gasteiger charge is 2.23. The Hall–Kier alpha value is -0.380. The van der Waals surface area contributed by atoms with Gasteiger partial charge in [0.05, 0.1) is 6.10 Å². The van der Waals surface area contributed by atoms with Crippen LogP contribution in [-0.2, 0) is 6.42 Å². The molecule has 1 unspecified atom stereocenters. The van der Waals surface area contributed by atoms with E-state index in [1.165, 1.54) is 32.1 Å². The van der Waals surface area contributed by atoms with Crippen LogP contribution in [-0.4, -0.2) is 17.8 Å². The van der Waals surface area contributed by atoms with Crippen molar-refractivity contribution in [1.29, 1.82) is 0 Å². The number of fused-ring (bicyclic) bond motifs is 1. The third-order valence-electron chi connectivity index (χ3n) is 4.52. The highest BCUT2D eigenvalue weighted by Crippen LogP contribution is 2.33. The lowest BCUT2D eigenvalue weighted by Crippen LogP contribution is -2.31. The average molecular weight is 265 g/mol. The lowest BCUT2D eigenvalue weighted by Gasteiger charge is -2.29. The van der Waals surface area contributed by atoms with Gasteiger partial charge in [0.2, 0.25) is 0 Å². The Morgan fingerprint density at radius 1 is 1.22 bits per heavy atom. The van der Waals surface area contributed by atoms with Crippen LogP contribution in [0.5, 0.6) is 0 Å². The highest BCUT2D eigenvalue weighted by atomic mass is 32.1. The van der Waals surface area contributed by atoms with Crippen molar-refractivity contribution in [3.63, 3.8) is 0 Å². The quantitative estimate of drug-likeness (QED) is 0.879. The molecule has 0 aliphatic heterocycles. The molecule has 1 aromatic rings. The molecule has 2 N–H and O–H groups in total. The summed E-state index contributed by atoms with van der Waals surface area (Å²) < 4.78 is 0. The molecule has 0 amide bonds. The Balaban J connectivity index is 1.52. The zero-order chi connectivity index (χ0) is 12.4. The number of aryl methyl sites for hydroxylation is 1. The van der Waals surface area contributed by atoms with Crippen LogP contribution in [0.4, 0.5) is 0 Å². The molecule has 1 atom stereocenters. The number of thiophene rings is 1. The molecule has 2 aliphatic rings. The SMILES string of the molecule is OC1CCC(CNC2CCCc3sccc32)CC1. The van der Waals surface area contributed by atoms with Crippen molar-refractivity contribution in [3.8, 4) is 0 Å². The summed E-state index contributed by atoms with van der Waals surface area (Å²) in [5, 5.41) is 15.5. The van der Waals surface area contributed by atoms with E-state index in [9.17, 15) is 5.11 Å². The second-order valence-corrected chi connectivity index (χ2v) is 6.83. The molecule has 0 aromatic carbocycles. The molecule has 0 saturated heterocycles. The largest absolute Gasteiger partial charge is 0.393 e. The Bertz CT molecular complexity index is 382. The number of hydrogen-bond acceptors (Lipinski definition) is 3. The minimum Gasteiger partial charge on any atom is -0.393 e. The molecule has 1 heterocycles. The van der Waals surface area contributed by atoms with Gasteiger partial charge in [-0.25, -0.2) is 0 Å². The van der Waals surface area contributed by atoms with Crippen LogP contribution in [0.3, 0.4) is 0 Å². The Kier molecular flexibility index (Phi) is 4.02. The van der Waals surface area contributed by atoms with Gasteiger partial charge in [-0.3, -0.25) is 0 Å². The number of aliphatic hydroxyl groups excluding tert-OH is 1. The molecule has 1 aromatic heterocycles. The molecule has 1 fully saturated rings. The first-order chi connectivity index (χ1) is 8.83. The predicted octanol–water partition coefficient (Wildman–Crippen LogP) is 3.27. The fraction of sp³-hybridized carbons (Fsp3) is 0.733. The fourth-order valence-electron chi connectivity index (χ4n) is 3.36. The van der Waals surface area contributed by atoms with Crippen molar-refractivity contribution in [2.24, 2.45) is 5.92 Å². The average Bonchev–Trinajstić information content (AvgIpc) is 2.87. The van der Waals surface area contributed by atoms with Gasteiger partial charge in [-0.15, -0.1) is 11.3 Å². The maximum absolute atomic E-state index is 9.53. The molecule has 2 nitrogen and oxygen atoms in total. The molecule has 0 bridgehead atoms. The monoisotopic (exact) mass is 265 g/mol. The van der Waals surface area contributed by atoms with E-state index in [4.69, 9.17) is 0 Å². The third kappa shape index (κ3) is 2.79. The number of aliphatic hydroxyl groups is 1. The summed E-state index contributed by atoms with van der Waals surface area (Å²) >= 11 is 1.92. The lowest BCUT2D eigenvalue weighted by atomic mass is 9.86. The zero-order valence-electron chi connectivity index (χ0n) is 10.9. The Morgan fingerprint density at radius 3 is 2.89 bits per heavy atom. The number of rotatable bonds is 3. The highest BCUT2D eigenvalue weighted by molar-refractivity contribution is 7.10. The first-order valence-corrected chi connectivity index (χ1v) is 8.18. The molecule has 18 heavy (non-hydrogen) atoms.